The number of carbonyl (C=O) groups excluding carboxylic acids is 2. The zero-order chi connectivity index (χ0) is 21.0. The molecule has 0 heterocycles. The second-order valence-corrected chi connectivity index (χ2v) is 6.21. The number of carbonyl (C=O) groups is 2. The summed E-state index contributed by atoms with van der Waals surface area (Å²) in [4.78, 5) is 24.0. The van der Waals surface area contributed by atoms with Crippen LogP contribution in [0.1, 0.15) is 16.8 Å². The molecule has 0 unspecified atom stereocenters. The highest BCUT2D eigenvalue weighted by atomic mass is 16.6. The largest absolute Gasteiger partial charge is 0.493 e. The Morgan fingerprint density at radius 1 is 0.600 bits per heavy atom. The van der Waals surface area contributed by atoms with Gasteiger partial charge >= 0.3 is 11.9 Å². The summed E-state index contributed by atoms with van der Waals surface area (Å²) in [6, 6.07) is 24.7. The first-order valence-corrected chi connectivity index (χ1v) is 9.54. The summed E-state index contributed by atoms with van der Waals surface area (Å²) >= 11 is 0. The minimum atomic E-state index is -0.471. The van der Waals surface area contributed by atoms with Crippen molar-refractivity contribution < 1.29 is 28.5 Å². The van der Waals surface area contributed by atoms with Crippen LogP contribution in [0, 0.1) is 0 Å². The lowest BCUT2D eigenvalue weighted by atomic mass is 10.2. The van der Waals surface area contributed by atoms with Crippen LogP contribution in [0.25, 0.3) is 0 Å². The van der Waals surface area contributed by atoms with Crippen molar-refractivity contribution in [3.63, 3.8) is 0 Å². The van der Waals surface area contributed by atoms with Crippen molar-refractivity contribution in [2.75, 3.05) is 19.8 Å². The van der Waals surface area contributed by atoms with Gasteiger partial charge in [0.2, 0.25) is 0 Å². The molecule has 0 atom stereocenters. The molecule has 154 valence electrons. The van der Waals surface area contributed by atoms with Gasteiger partial charge in [0.25, 0.3) is 0 Å². The molecule has 0 aliphatic carbocycles. The van der Waals surface area contributed by atoms with Gasteiger partial charge in [-0.25, -0.2) is 4.79 Å². The molecule has 0 bridgehead atoms. The van der Waals surface area contributed by atoms with Crippen LogP contribution < -0.4 is 14.2 Å². The van der Waals surface area contributed by atoms with Gasteiger partial charge in [0.05, 0.1) is 18.6 Å². The highest BCUT2D eigenvalue weighted by Crippen LogP contribution is 2.15. The summed E-state index contributed by atoms with van der Waals surface area (Å²) in [5, 5.41) is 0. The van der Waals surface area contributed by atoms with Crippen molar-refractivity contribution in [1.82, 2.24) is 0 Å². The second-order valence-electron chi connectivity index (χ2n) is 6.21. The van der Waals surface area contributed by atoms with Crippen molar-refractivity contribution >= 4 is 11.9 Å². The molecular formula is C24H22O6. The summed E-state index contributed by atoms with van der Waals surface area (Å²) in [5.74, 6) is 0.875. The normalized spacial score (nSPS) is 10.1. The van der Waals surface area contributed by atoms with Gasteiger partial charge in [-0.3, -0.25) is 4.79 Å². The van der Waals surface area contributed by atoms with E-state index in [9.17, 15) is 9.59 Å². The average Bonchev–Trinajstić information content (AvgIpc) is 2.78. The molecule has 6 heteroatoms. The maximum atomic E-state index is 12.1. The summed E-state index contributed by atoms with van der Waals surface area (Å²) in [5.41, 5.74) is 0.363. The fraction of sp³-hybridized carbons (Fsp3) is 0.167. The zero-order valence-electron chi connectivity index (χ0n) is 16.4. The fourth-order valence-electron chi connectivity index (χ4n) is 2.50. The monoisotopic (exact) mass is 406 g/mol. The van der Waals surface area contributed by atoms with E-state index in [0.717, 1.165) is 0 Å². The molecule has 3 rings (SSSR count). The molecule has 0 aliphatic rings. The Hall–Kier alpha value is -3.80. The Bertz CT molecular complexity index is 923. The van der Waals surface area contributed by atoms with Crippen LogP contribution in [0.3, 0.4) is 0 Å². The van der Waals surface area contributed by atoms with Gasteiger partial charge in [0.1, 0.15) is 30.5 Å². The number of hydrogen-bond acceptors (Lipinski definition) is 6. The first-order valence-electron chi connectivity index (χ1n) is 9.54. The molecule has 0 radical (unpaired) electrons. The SMILES string of the molecule is O=C(CCOc1ccccc1)Oc1ccc(C(=O)OCCOc2ccccc2)cc1. The number of rotatable bonds is 10. The van der Waals surface area contributed by atoms with Crippen molar-refractivity contribution in [2.24, 2.45) is 0 Å². The third-order valence-electron chi connectivity index (χ3n) is 3.97. The maximum absolute atomic E-state index is 12.1. The van der Waals surface area contributed by atoms with E-state index in [2.05, 4.69) is 0 Å². The average molecular weight is 406 g/mol. The van der Waals surface area contributed by atoms with E-state index >= 15 is 0 Å². The van der Waals surface area contributed by atoms with Gasteiger partial charge in [-0.15, -0.1) is 0 Å². The van der Waals surface area contributed by atoms with Gasteiger partial charge in [0.15, 0.2) is 0 Å². The number of para-hydroxylation sites is 2. The van der Waals surface area contributed by atoms with Crippen LogP contribution in [0.5, 0.6) is 17.2 Å². The lowest BCUT2D eigenvalue weighted by Gasteiger charge is -2.08. The molecule has 0 aromatic heterocycles. The zero-order valence-corrected chi connectivity index (χ0v) is 16.4. The fourth-order valence-corrected chi connectivity index (χ4v) is 2.50. The lowest BCUT2D eigenvalue weighted by molar-refractivity contribution is -0.134. The van der Waals surface area contributed by atoms with E-state index in [1.807, 2.05) is 60.7 Å². The first-order chi connectivity index (χ1) is 14.7. The van der Waals surface area contributed by atoms with Gasteiger partial charge in [-0.1, -0.05) is 36.4 Å². The molecule has 0 aliphatic heterocycles. The number of ether oxygens (including phenoxy) is 4. The van der Waals surface area contributed by atoms with Crippen molar-refractivity contribution in [3.8, 4) is 17.2 Å². The van der Waals surface area contributed by atoms with Gasteiger partial charge in [-0.05, 0) is 48.5 Å². The molecule has 0 saturated carbocycles. The number of hydrogen-bond donors (Lipinski definition) is 0. The summed E-state index contributed by atoms with van der Waals surface area (Å²) in [6.45, 7) is 0.612. The van der Waals surface area contributed by atoms with Gasteiger partial charge in [0, 0.05) is 0 Å². The smallest absolute Gasteiger partial charge is 0.338 e. The van der Waals surface area contributed by atoms with Gasteiger partial charge < -0.3 is 18.9 Å². The van der Waals surface area contributed by atoms with Crippen LogP contribution >= 0.6 is 0 Å². The third kappa shape index (κ3) is 6.98. The molecule has 0 N–H and O–H groups in total. The Morgan fingerprint density at radius 3 is 1.77 bits per heavy atom. The number of esters is 2. The van der Waals surface area contributed by atoms with E-state index in [1.54, 1.807) is 24.3 Å². The molecule has 3 aromatic rings. The van der Waals surface area contributed by atoms with Crippen LogP contribution in [-0.4, -0.2) is 31.8 Å². The molecule has 3 aromatic carbocycles. The van der Waals surface area contributed by atoms with Crippen LogP contribution in [0.15, 0.2) is 84.9 Å². The predicted molar refractivity (Wildman–Crippen MR) is 111 cm³/mol. The van der Waals surface area contributed by atoms with E-state index < -0.39 is 11.9 Å². The highest BCUT2D eigenvalue weighted by molar-refractivity contribution is 5.89. The molecule has 30 heavy (non-hydrogen) atoms. The van der Waals surface area contributed by atoms with Crippen LogP contribution in [-0.2, 0) is 9.53 Å². The van der Waals surface area contributed by atoms with Crippen molar-refractivity contribution in [1.29, 1.82) is 0 Å². The molecule has 0 amide bonds. The second kappa shape index (κ2) is 11.3. The quantitative estimate of drug-likeness (QED) is 0.284. The Labute approximate surface area is 175 Å². The van der Waals surface area contributed by atoms with Crippen LogP contribution in [0.4, 0.5) is 0 Å². The Kier molecular flexibility index (Phi) is 7.85. The summed E-state index contributed by atoms with van der Waals surface area (Å²) in [7, 11) is 0. The van der Waals surface area contributed by atoms with Crippen molar-refractivity contribution in [3.05, 3.63) is 90.5 Å². The highest BCUT2D eigenvalue weighted by Gasteiger charge is 2.10. The first kappa shape index (κ1) is 20.9. The van der Waals surface area contributed by atoms with Crippen molar-refractivity contribution in [2.45, 2.75) is 6.42 Å². The summed E-state index contributed by atoms with van der Waals surface area (Å²) in [6.07, 6.45) is 0.111. The Balaban J connectivity index is 1.36. The molecular weight excluding hydrogens is 384 g/mol. The van der Waals surface area contributed by atoms with Gasteiger partial charge in [-0.2, -0.15) is 0 Å². The molecule has 6 nitrogen and oxygen atoms in total. The van der Waals surface area contributed by atoms with E-state index in [1.165, 1.54) is 0 Å². The molecule has 0 fully saturated rings. The lowest BCUT2D eigenvalue weighted by Crippen LogP contribution is -2.13. The Morgan fingerprint density at radius 2 is 1.17 bits per heavy atom. The topological polar surface area (TPSA) is 71.1 Å². The standard InChI is InChI=1S/C24H22O6/c25-23(15-16-27-20-7-3-1-4-8-20)30-22-13-11-19(12-14-22)24(26)29-18-17-28-21-9-5-2-6-10-21/h1-14H,15-18H2. The van der Waals surface area contributed by atoms with E-state index in [4.69, 9.17) is 18.9 Å². The predicted octanol–water partition coefficient (Wildman–Crippen LogP) is 4.30. The molecule has 0 spiro atoms. The minimum absolute atomic E-state index is 0.111. The van der Waals surface area contributed by atoms with Crippen LogP contribution in [0.2, 0.25) is 0 Å². The minimum Gasteiger partial charge on any atom is -0.493 e. The maximum Gasteiger partial charge on any atom is 0.338 e. The molecule has 0 saturated heterocycles. The third-order valence-corrected chi connectivity index (χ3v) is 3.97. The number of benzene rings is 3. The summed E-state index contributed by atoms with van der Waals surface area (Å²) < 4.78 is 21.4. The van der Waals surface area contributed by atoms with E-state index in [0.29, 0.717) is 22.8 Å². The van der Waals surface area contributed by atoms with E-state index in [-0.39, 0.29) is 26.2 Å².